The van der Waals surface area contributed by atoms with Crippen LogP contribution in [0.4, 0.5) is 5.69 Å². The van der Waals surface area contributed by atoms with Crippen LogP contribution in [0.3, 0.4) is 0 Å². The minimum Gasteiger partial charge on any atom is -0.337 e. The molecule has 4 rings (SSSR count). The molecule has 2 aromatic rings. The Morgan fingerprint density at radius 1 is 1.13 bits per heavy atom. The second-order valence-electron chi connectivity index (χ2n) is 6.14. The molecule has 0 aromatic heterocycles. The SMILES string of the molecule is O=C1CC2(CN1Cc1ccccc1)C(=O)Nc1ccc(Cl)cc12. The molecule has 2 aliphatic rings. The summed E-state index contributed by atoms with van der Waals surface area (Å²) in [6, 6.07) is 15.2. The van der Waals surface area contributed by atoms with Crippen LogP contribution >= 0.6 is 11.6 Å². The third-order valence-electron chi connectivity index (χ3n) is 4.66. The van der Waals surface area contributed by atoms with Gasteiger partial charge < -0.3 is 10.2 Å². The van der Waals surface area contributed by atoms with Crippen molar-refractivity contribution >= 4 is 29.1 Å². The summed E-state index contributed by atoms with van der Waals surface area (Å²) < 4.78 is 0. The highest BCUT2D eigenvalue weighted by Gasteiger charge is 2.54. The first-order chi connectivity index (χ1) is 11.1. The zero-order valence-corrected chi connectivity index (χ0v) is 13.1. The first-order valence-electron chi connectivity index (χ1n) is 7.52. The van der Waals surface area contributed by atoms with Crippen LogP contribution in [0.5, 0.6) is 0 Å². The number of benzene rings is 2. The van der Waals surface area contributed by atoms with Crippen LogP contribution in [0, 0.1) is 0 Å². The van der Waals surface area contributed by atoms with Crippen LogP contribution in [0.1, 0.15) is 17.5 Å². The van der Waals surface area contributed by atoms with E-state index in [2.05, 4.69) is 5.32 Å². The van der Waals surface area contributed by atoms with Crippen molar-refractivity contribution in [3.05, 3.63) is 64.7 Å². The molecule has 4 nitrogen and oxygen atoms in total. The summed E-state index contributed by atoms with van der Waals surface area (Å²) in [7, 11) is 0. The van der Waals surface area contributed by atoms with E-state index in [1.807, 2.05) is 30.3 Å². The van der Waals surface area contributed by atoms with E-state index in [0.29, 0.717) is 18.1 Å². The highest BCUT2D eigenvalue weighted by atomic mass is 35.5. The average Bonchev–Trinajstić information content (AvgIpc) is 3.00. The number of hydrogen-bond donors (Lipinski definition) is 1. The van der Waals surface area contributed by atoms with Crippen molar-refractivity contribution in [1.82, 2.24) is 4.90 Å². The van der Waals surface area contributed by atoms with Gasteiger partial charge in [0.05, 0.1) is 0 Å². The van der Waals surface area contributed by atoms with Crippen molar-refractivity contribution in [2.24, 2.45) is 0 Å². The molecule has 2 aromatic carbocycles. The van der Waals surface area contributed by atoms with Gasteiger partial charge in [0.15, 0.2) is 0 Å². The number of amides is 2. The molecule has 2 aliphatic heterocycles. The predicted octanol–water partition coefficient (Wildman–Crippen LogP) is 2.96. The highest BCUT2D eigenvalue weighted by molar-refractivity contribution is 6.31. The predicted molar refractivity (Wildman–Crippen MR) is 88.2 cm³/mol. The molecule has 0 radical (unpaired) electrons. The number of carbonyl (C=O) groups is 2. The summed E-state index contributed by atoms with van der Waals surface area (Å²) >= 11 is 6.10. The lowest BCUT2D eigenvalue weighted by molar-refractivity contribution is -0.128. The molecule has 1 atom stereocenters. The molecule has 116 valence electrons. The van der Waals surface area contributed by atoms with E-state index >= 15 is 0 Å². The minimum atomic E-state index is -0.813. The summed E-state index contributed by atoms with van der Waals surface area (Å²) in [5, 5.41) is 3.46. The standard InChI is InChI=1S/C18H15ClN2O2/c19-13-6-7-15-14(8-13)18(17(23)20-15)9-16(22)21(11-18)10-12-4-2-1-3-5-12/h1-8H,9-11H2,(H,20,23). The lowest BCUT2D eigenvalue weighted by Gasteiger charge is -2.22. The summed E-state index contributed by atoms with van der Waals surface area (Å²) in [4.78, 5) is 26.8. The number of nitrogens with zero attached hydrogens (tertiary/aromatic N) is 1. The molecule has 0 aliphatic carbocycles. The van der Waals surface area contributed by atoms with Crippen LogP contribution in [-0.2, 0) is 21.5 Å². The average molecular weight is 327 g/mol. The Labute approximate surface area is 139 Å². The van der Waals surface area contributed by atoms with E-state index in [9.17, 15) is 9.59 Å². The van der Waals surface area contributed by atoms with E-state index < -0.39 is 5.41 Å². The number of nitrogens with one attached hydrogen (secondary N) is 1. The first kappa shape index (κ1) is 14.3. The lowest BCUT2D eigenvalue weighted by atomic mass is 9.81. The third kappa shape index (κ3) is 2.21. The number of anilines is 1. The van der Waals surface area contributed by atoms with Crippen molar-refractivity contribution in [2.75, 3.05) is 11.9 Å². The molecule has 2 amide bonds. The summed E-state index contributed by atoms with van der Waals surface area (Å²) in [5.74, 6) is -0.115. The van der Waals surface area contributed by atoms with E-state index in [1.165, 1.54) is 0 Å². The Balaban J connectivity index is 1.68. The Morgan fingerprint density at radius 2 is 1.91 bits per heavy atom. The maximum Gasteiger partial charge on any atom is 0.237 e. The van der Waals surface area contributed by atoms with Gasteiger partial charge in [0, 0.05) is 30.2 Å². The summed E-state index contributed by atoms with van der Waals surface area (Å²) in [6.45, 7) is 0.907. The largest absolute Gasteiger partial charge is 0.337 e. The fraction of sp³-hybridized carbons (Fsp3) is 0.222. The number of fused-ring (bicyclic) bond motifs is 2. The van der Waals surface area contributed by atoms with Crippen molar-refractivity contribution in [1.29, 1.82) is 0 Å². The topological polar surface area (TPSA) is 49.4 Å². The van der Waals surface area contributed by atoms with Crippen molar-refractivity contribution < 1.29 is 9.59 Å². The second kappa shape index (κ2) is 5.10. The molecule has 1 saturated heterocycles. The van der Waals surface area contributed by atoms with E-state index in [1.54, 1.807) is 23.1 Å². The van der Waals surface area contributed by atoms with Gasteiger partial charge >= 0.3 is 0 Å². The van der Waals surface area contributed by atoms with Gasteiger partial charge in [0.2, 0.25) is 11.8 Å². The molecule has 1 N–H and O–H groups in total. The van der Waals surface area contributed by atoms with Crippen LogP contribution in [0.25, 0.3) is 0 Å². The Kier molecular flexibility index (Phi) is 3.16. The van der Waals surface area contributed by atoms with Gasteiger partial charge in [-0.3, -0.25) is 9.59 Å². The maximum absolute atomic E-state index is 12.6. The Morgan fingerprint density at radius 3 is 2.70 bits per heavy atom. The van der Waals surface area contributed by atoms with Gasteiger partial charge in [-0.25, -0.2) is 0 Å². The summed E-state index contributed by atoms with van der Waals surface area (Å²) in [6.07, 6.45) is 0.193. The van der Waals surface area contributed by atoms with Gasteiger partial charge in [-0.15, -0.1) is 0 Å². The number of likely N-dealkylation sites (tertiary alicyclic amines) is 1. The fourth-order valence-electron chi connectivity index (χ4n) is 3.51. The van der Waals surface area contributed by atoms with Crippen LogP contribution in [0.2, 0.25) is 5.02 Å². The van der Waals surface area contributed by atoms with Crippen LogP contribution < -0.4 is 5.32 Å². The fourth-order valence-corrected chi connectivity index (χ4v) is 3.68. The van der Waals surface area contributed by atoms with Crippen LogP contribution in [-0.4, -0.2) is 23.3 Å². The molecule has 2 heterocycles. The Hall–Kier alpha value is -2.33. The van der Waals surface area contributed by atoms with Gasteiger partial charge in [-0.1, -0.05) is 41.9 Å². The third-order valence-corrected chi connectivity index (χ3v) is 4.90. The molecular formula is C18H15ClN2O2. The van der Waals surface area contributed by atoms with Gasteiger partial charge in [0.25, 0.3) is 0 Å². The van der Waals surface area contributed by atoms with Gasteiger partial charge in [-0.05, 0) is 29.3 Å². The lowest BCUT2D eigenvalue weighted by Crippen LogP contribution is -2.37. The molecule has 23 heavy (non-hydrogen) atoms. The molecule has 1 spiro atoms. The second-order valence-corrected chi connectivity index (χ2v) is 6.57. The molecule has 0 saturated carbocycles. The van der Waals surface area contributed by atoms with Crippen molar-refractivity contribution in [3.63, 3.8) is 0 Å². The number of hydrogen-bond acceptors (Lipinski definition) is 2. The van der Waals surface area contributed by atoms with Gasteiger partial charge in [0.1, 0.15) is 5.41 Å². The minimum absolute atomic E-state index is 0.00294. The van der Waals surface area contributed by atoms with Crippen LogP contribution in [0.15, 0.2) is 48.5 Å². The van der Waals surface area contributed by atoms with E-state index in [-0.39, 0.29) is 18.2 Å². The summed E-state index contributed by atoms with van der Waals surface area (Å²) in [5.41, 5.74) is 1.84. The number of carbonyl (C=O) groups excluding carboxylic acids is 2. The first-order valence-corrected chi connectivity index (χ1v) is 7.89. The zero-order chi connectivity index (χ0) is 16.0. The normalized spacial score (nSPS) is 22.6. The Bertz CT molecular complexity index is 806. The molecular weight excluding hydrogens is 312 g/mol. The highest BCUT2D eigenvalue weighted by Crippen LogP contribution is 2.45. The van der Waals surface area contributed by atoms with Crippen molar-refractivity contribution in [3.8, 4) is 0 Å². The van der Waals surface area contributed by atoms with E-state index in [4.69, 9.17) is 11.6 Å². The molecule has 0 bridgehead atoms. The van der Waals surface area contributed by atoms with Crippen molar-refractivity contribution in [2.45, 2.75) is 18.4 Å². The number of rotatable bonds is 2. The molecule has 5 heteroatoms. The maximum atomic E-state index is 12.6. The zero-order valence-electron chi connectivity index (χ0n) is 12.4. The monoisotopic (exact) mass is 326 g/mol. The quantitative estimate of drug-likeness (QED) is 0.922. The number of halogens is 1. The molecule has 1 fully saturated rings. The smallest absolute Gasteiger partial charge is 0.237 e. The molecule has 1 unspecified atom stereocenters. The van der Waals surface area contributed by atoms with E-state index in [0.717, 1.165) is 16.8 Å². The van der Waals surface area contributed by atoms with Gasteiger partial charge in [-0.2, -0.15) is 0 Å².